The molecule has 2 unspecified atom stereocenters. The zero-order chi connectivity index (χ0) is 21.1. The van der Waals surface area contributed by atoms with E-state index in [4.69, 9.17) is 4.74 Å². The van der Waals surface area contributed by atoms with Crippen LogP contribution in [0, 0.1) is 0 Å². The third-order valence-corrected chi connectivity index (χ3v) is 7.17. The van der Waals surface area contributed by atoms with Gasteiger partial charge in [-0.25, -0.2) is 0 Å². The van der Waals surface area contributed by atoms with Crippen LogP contribution in [0.4, 0.5) is 0 Å². The number of carbonyl (C=O) groups excluding carboxylic acids is 1. The largest absolute Gasteiger partial charge is 1.00 e. The molecule has 2 aliphatic heterocycles. The second-order valence-electron chi connectivity index (χ2n) is 8.87. The van der Waals surface area contributed by atoms with Crippen LogP contribution < -0.4 is 17.0 Å². The molecule has 0 aromatic heterocycles. The number of nitrogens with zero attached hydrogens (tertiary/aromatic N) is 1. The standard InChI is InChI=1S/C24H30NO2.C2H6.BrH/c1-24(18-10-6-4-7-11-18,19-12-8-5-9-13-19)23(26)27-22-16-20-14-15-21(17-22)25(20,2)3;1-2;/h4-13,20-22H,14-17H2,1-3H3;1-2H3;1H/q+1;;/p-1/t20-,21?,22?;;/m1../s1. The Balaban J connectivity index is 0.00000104. The van der Waals surface area contributed by atoms with Gasteiger partial charge in [-0.3, -0.25) is 4.79 Å². The Morgan fingerprint density at radius 3 is 1.67 bits per heavy atom. The van der Waals surface area contributed by atoms with E-state index in [-0.39, 0.29) is 29.1 Å². The lowest BCUT2D eigenvalue weighted by Gasteiger charge is -2.44. The van der Waals surface area contributed by atoms with E-state index >= 15 is 0 Å². The summed E-state index contributed by atoms with van der Waals surface area (Å²) in [4.78, 5) is 13.5. The van der Waals surface area contributed by atoms with Gasteiger partial charge in [-0.2, -0.15) is 0 Å². The summed E-state index contributed by atoms with van der Waals surface area (Å²) in [6, 6.07) is 21.3. The highest BCUT2D eigenvalue weighted by atomic mass is 79.9. The number of benzene rings is 2. The van der Waals surface area contributed by atoms with Gasteiger partial charge >= 0.3 is 5.97 Å². The first-order valence-electron chi connectivity index (χ1n) is 11.1. The first-order chi connectivity index (χ1) is 13.9. The second kappa shape index (κ2) is 10.1. The summed E-state index contributed by atoms with van der Waals surface area (Å²) in [6.07, 6.45) is 4.50. The quantitative estimate of drug-likeness (QED) is 0.503. The van der Waals surface area contributed by atoms with Crippen molar-refractivity contribution in [1.29, 1.82) is 0 Å². The monoisotopic (exact) mass is 473 g/mol. The predicted molar refractivity (Wildman–Crippen MR) is 119 cm³/mol. The molecule has 2 aliphatic rings. The van der Waals surface area contributed by atoms with Gasteiger partial charge in [0.15, 0.2) is 0 Å². The normalized spacial score (nSPS) is 24.1. The lowest BCUT2D eigenvalue weighted by molar-refractivity contribution is -0.931. The van der Waals surface area contributed by atoms with Crippen molar-refractivity contribution in [3.05, 3.63) is 71.8 Å². The number of hydrogen-bond acceptors (Lipinski definition) is 2. The minimum Gasteiger partial charge on any atom is -1.00 e. The number of rotatable bonds is 4. The Hall–Kier alpha value is -1.65. The fourth-order valence-corrected chi connectivity index (χ4v) is 5.14. The van der Waals surface area contributed by atoms with E-state index in [1.54, 1.807) is 0 Å². The molecule has 2 aromatic carbocycles. The van der Waals surface area contributed by atoms with Crippen LogP contribution in [0.25, 0.3) is 0 Å². The maximum Gasteiger partial charge on any atom is 0.321 e. The molecule has 2 fully saturated rings. The Morgan fingerprint density at radius 2 is 1.27 bits per heavy atom. The van der Waals surface area contributed by atoms with Gasteiger partial charge in [-0.05, 0) is 18.1 Å². The minimum absolute atomic E-state index is 0. The van der Waals surface area contributed by atoms with E-state index in [1.807, 2.05) is 81.4 Å². The molecule has 2 bridgehead atoms. The average molecular weight is 474 g/mol. The summed E-state index contributed by atoms with van der Waals surface area (Å²) in [6.45, 7) is 6.00. The van der Waals surface area contributed by atoms with E-state index < -0.39 is 5.41 Å². The van der Waals surface area contributed by atoms with E-state index in [0.29, 0.717) is 12.1 Å². The molecule has 0 spiro atoms. The molecule has 0 amide bonds. The van der Waals surface area contributed by atoms with Crippen molar-refractivity contribution in [2.45, 2.75) is 70.1 Å². The molecule has 4 rings (SSSR count). The van der Waals surface area contributed by atoms with Crippen LogP contribution in [0.2, 0.25) is 0 Å². The molecule has 0 saturated carbocycles. The van der Waals surface area contributed by atoms with Crippen molar-refractivity contribution >= 4 is 5.97 Å². The second-order valence-corrected chi connectivity index (χ2v) is 8.87. The molecule has 2 saturated heterocycles. The fourth-order valence-electron chi connectivity index (χ4n) is 5.14. The van der Waals surface area contributed by atoms with Crippen LogP contribution in [0.1, 0.15) is 57.6 Å². The molecular weight excluding hydrogens is 438 g/mol. The molecule has 4 heteroatoms. The molecular formula is C26H36BrNO2. The van der Waals surface area contributed by atoms with Crippen molar-refractivity contribution in [2.75, 3.05) is 14.1 Å². The van der Waals surface area contributed by atoms with Gasteiger partial charge in [-0.15, -0.1) is 0 Å². The fraction of sp³-hybridized carbons (Fsp3) is 0.500. The van der Waals surface area contributed by atoms with Gasteiger partial charge in [0.2, 0.25) is 0 Å². The Bertz CT molecular complexity index is 751. The van der Waals surface area contributed by atoms with E-state index in [0.717, 1.165) is 28.5 Å². The van der Waals surface area contributed by atoms with Crippen LogP contribution in [-0.4, -0.2) is 42.7 Å². The van der Waals surface area contributed by atoms with Gasteiger partial charge in [0, 0.05) is 25.7 Å². The smallest absolute Gasteiger partial charge is 0.321 e. The summed E-state index contributed by atoms with van der Waals surface area (Å²) in [7, 11) is 4.66. The molecule has 3 nitrogen and oxygen atoms in total. The Morgan fingerprint density at radius 1 is 0.867 bits per heavy atom. The number of halogens is 1. The topological polar surface area (TPSA) is 26.3 Å². The summed E-state index contributed by atoms with van der Waals surface area (Å²) < 4.78 is 7.28. The first-order valence-corrected chi connectivity index (χ1v) is 11.1. The van der Waals surface area contributed by atoms with Gasteiger partial charge in [0.25, 0.3) is 0 Å². The molecule has 2 heterocycles. The Labute approximate surface area is 192 Å². The Kier molecular flexibility index (Phi) is 8.29. The number of ether oxygens (including phenoxy) is 1. The van der Waals surface area contributed by atoms with Crippen LogP contribution in [0.3, 0.4) is 0 Å². The van der Waals surface area contributed by atoms with Crippen molar-refractivity contribution in [3.8, 4) is 0 Å². The number of esters is 1. The number of carbonyl (C=O) groups is 1. The summed E-state index contributed by atoms with van der Waals surface area (Å²) in [5.41, 5.74) is 1.18. The van der Waals surface area contributed by atoms with Gasteiger partial charge in [0.1, 0.15) is 11.5 Å². The molecule has 0 radical (unpaired) electrons. The zero-order valence-corrected chi connectivity index (χ0v) is 20.6. The lowest BCUT2D eigenvalue weighted by atomic mass is 9.76. The minimum atomic E-state index is -0.788. The summed E-state index contributed by atoms with van der Waals surface area (Å²) in [5.74, 6) is -0.128. The molecule has 30 heavy (non-hydrogen) atoms. The maximum absolute atomic E-state index is 13.5. The molecule has 3 atom stereocenters. The van der Waals surface area contributed by atoms with Crippen LogP contribution in [0.5, 0.6) is 0 Å². The average Bonchev–Trinajstić information content (AvgIpc) is 2.91. The van der Waals surface area contributed by atoms with Gasteiger partial charge < -0.3 is 26.2 Å². The summed E-state index contributed by atoms with van der Waals surface area (Å²) >= 11 is 0. The van der Waals surface area contributed by atoms with E-state index in [2.05, 4.69) is 14.1 Å². The van der Waals surface area contributed by atoms with Crippen molar-refractivity contribution in [2.24, 2.45) is 0 Å². The van der Waals surface area contributed by atoms with Crippen LogP contribution in [-0.2, 0) is 14.9 Å². The SMILES string of the molecule is CC.CC(C(=O)OC1CC2CC[C@H](C1)[N+]2(C)C)(c1ccccc1)c1ccccc1.[Br-]. The molecule has 0 aliphatic carbocycles. The highest BCUT2D eigenvalue weighted by Crippen LogP contribution is 2.42. The van der Waals surface area contributed by atoms with Gasteiger partial charge in [-0.1, -0.05) is 74.5 Å². The first kappa shape index (κ1) is 24.6. The highest BCUT2D eigenvalue weighted by molar-refractivity contribution is 5.87. The van der Waals surface area contributed by atoms with E-state index in [1.165, 1.54) is 12.8 Å². The third-order valence-electron chi connectivity index (χ3n) is 7.17. The number of fused-ring (bicyclic) bond motifs is 2. The summed E-state index contributed by atoms with van der Waals surface area (Å²) in [5, 5.41) is 0. The molecule has 164 valence electrons. The number of piperidine rings is 1. The van der Waals surface area contributed by atoms with Crippen LogP contribution >= 0.6 is 0 Å². The van der Waals surface area contributed by atoms with E-state index in [9.17, 15) is 4.79 Å². The number of hydrogen-bond donors (Lipinski definition) is 0. The van der Waals surface area contributed by atoms with Crippen molar-refractivity contribution in [1.82, 2.24) is 0 Å². The highest BCUT2D eigenvalue weighted by Gasteiger charge is 2.51. The third kappa shape index (κ3) is 4.50. The lowest BCUT2D eigenvalue weighted by Crippen LogP contribution is -3.00. The van der Waals surface area contributed by atoms with Crippen molar-refractivity contribution < 1.29 is 31.0 Å². The zero-order valence-electron chi connectivity index (χ0n) is 19.0. The van der Waals surface area contributed by atoms with Crippen LogP contribution in [0.15, 0.2) is 60.7 Å². The molecule has 0 N–H and O–H groups in total. The van der Waals surface area contributed by atoms with Crippen molar-refractivity contribution in [3.63, 3.8) is 0 Å². The van der Waals surface area contributed by atoms with Gasteiger partial charge in [0.05, 0.1) is 26.2 Å². The maximum atomic E-state index is 13.5. The number of quaternary nitrogens is 1. The predicted octanol–water partition coefficient (Wildman–Crippen LogP) is 2.34. The molecule has 2 aromatic rings.